The molecule has 1 aliphatic rings. The number of methoxy groups -OCH3 is 2. The van der Waals surface area contributed by atoms with Crippen LogP contribution in [0.5, 0.6) is 0 Å². The number of esters is 2. The molecular formula is C14H16O4. The van der Waals surface area contributed by atoms with Gasteiger partial charge in [0.15, 0.2) is 0 Å². The first-order valence-corrected chi connectivity index (χ1v) is 5.89. The van der Waals surface area contributed by atoms with Crippen LogP contribution in [0.1, 0.15) is 11.1 Å². The van der Waals surface area contributed by atoms with Gasteiger partial charge in [-0.1, -0.05) is 24.3 Å². The molecular weight excluding hydrogens is 232 g/mol. The molecule has 0 unspecified atom stereocenters. The Morgan fingerprint density at radius 3 is 1.67 bits per heavy atom. The van der Waals surface area contributed by atoms with Crippen LogP contribution >= 0.6 is 0 Å². The molecule has 2 atom stereocenters. The summed E-state index contributed by atoms with van der Waals surface area (Å²) < 4.78 is 9.57. The number of fused-ring (bicyclic) bond motifs is 1. The number of ether oxygens (including phenoxy) is 2. The second kappa shape index (κ2) is 5.21. The van der Waals surface area contributed by atoms with Crippen molar-refractivity contribution in [2.75, 3.05) is 14.2 Å². The summed E-state index contributed by atoms with van der Waals surface area (Å²) in [5, 5.41) is 0. The summed E-state index contributed by atoms with van der Waals surface area (Å²) in [6.45, 7) is 0. The van der Waals surface area contributed by atoms with Gasteiger partial charge in [0.25, 0.3) is 0 Å². The number of rotatable bonds is 2. The molecule has 0 saturated heterocycles. The van der Waals surface area contributed by atoms with E-state index in [9.17, 15) is 9.59 Å². The predicted molar refractivity (Wildman–Crippen MR) is 64.9 cm³/mol. The first kappa shape index (κ1) is 12.6. The number of carbonyl (C=O) groups is 2. The maximum absolute atomic E-state index is 11.8. The largest absolute Gasteiger partial charge is 0.469 e. The van der Waals surface area contributed by atoms with Gasteiger partial charge in [0, 0.05) is 0 Å². The van der Waals surface area contributed by atoms with Crippen molar-refractivity contribution in [1.82, 2.24) is 0 Å². The molecule has 0 radical (unpaired) electrons. The van der Waals surface area contributed by atoms with Gasteiger partial charge in [0.05, 0.1) is 26.1 Å². The van der Waals surface area contributed by atoms with Crippen molar-refractivity contribution >= 4 is 11.9 Å². The molecule has 1 aromatic rings. The first-order chi connectivity index (χ1) is 8.67. The number of carbonyl (C=O) groups excluding carboxylic acids is 2. The zero-order valence-corrected chi connectivity index (χ0v) is 10.5. The van der Waals surface area contributed by atoms with E-state index >= 15 is 0 Å². The van der Waals surface area contributed by atoms with Crippen LogP contribution < -0.4 is 0 Å². The average molecular weight is 248 g/mol. The standard InChI is InChI=1S/C14H16O4/c1-17-13(15)11-7-9-5-3-4-6-10(9)8-12(11)14(16)18-2/h3-6,11-12H,7-8H2,1-2H3/t11-,12-/m1/s1. The van der Waals surface area contributed by atoms with Gasteiger partial charge in [-0.05, 0) is 24.0 Å². The lowest BCUT2D eigenvalue weighted by molar-refractivity contribution is -0.158. The van der Waals surface area contributed by atoms with Gasteiger partial charge in [-0.15, -0.1) is 0 Å². The van der Waals surface area contributed by atoms with Crippen LogP contribution in [-0.4, -0.2) is 26.2 Å². The second-order valence-electron chi connectivity index (χ2n) is 4.44. The Morgan fingerprint density at radius 1 is 0.944 bits per heavy atom. The highest BCUT2D eigenvalue weighted by atomic mass is 16.5. The van der Waals surface area contributed by atoms with Crippen LogP contribution in [0, 0.1) is 11.8 Å². The molecule has 0 saturated carbocycles. The van der Waals surface area contributed by atoms with Crippen LogP contribution in [0.2, 0.25) is 0 Å². The molecule has 0 aliphatic heterocycles. The van der Waals surface area contributed by atoms with Crippen LogP contribution in [0.25, 0.3) is 0 Å². The Bertz CT molecular complexity index is 424. The average Bonchev–Trinajstić information content (AvgIpc) is 2.44. The van der Waals surface area contributed by atoms with Gasteiger partial charge in [-0.25, -0.2) is 0 Å². The molecule has 4 nitrogen and oxygen atoms in total. The van der Waals surface area contributed by atoms with Crippen molar-refractivity contribution in [3.63, 3.8) is 0 Å². The van der Waals surface area contributed by atoms with Crippen molar-refractivity contribution in [1.29, 1.82) is 0 Å². The lowest BCUT2D eigenvalue weighted by atomic mass is 9.76. The van der Waals surface area contributed by atoms with Gasteiger partial charge >= 0.3 is 11.9 Å². The molecule has 0 spiro atoms. The van der Waals surface area contributed by atoms with Crippen LogP contribution in [0.3, 0.4) is 0 Å². The summed E-state index contributed by atoms with van der Waals surface area (Å²) in [7, 11) is 2.69. The van der Waals surface area contributed by atoms with Crippen molar-refractivity contribution in [2.45, 2.75) is 12.8 Å². The van der Waals surface area contributed by atoms with Gasteiger partial charge in [-0.3, -0.25) is 9.59 Å². The third kappa shape index (κ3) is 2.23. The summed E-state index contributed by atoms with van der Waals surface area (Å²) >= 11 is 0. The highest BCUT2D eigenvalue weighted by Gasteiger charge is 2.39. The lowest BCUT2D eigenvalue weighted by Crippen LogP contribution is -2.37. The Labute approximate surface area is 106 Å². The molecule has 0 amide bonds. The Hall–Kier alpha value is -1.84. The Kier molecular flexibility index (Phi) is 3.65. The third-order valence-electron chi connectivity index (χ3n) is 3.49. The minimum Gasteiger partial charge on any atom is -0.469 e. The summed E-state index contributed by atoms with van der Waals surface area (Å²) in [6, 6.07) is 7.84. The highest BCUT2D eigenvalue weighted by Crippen LogP contribution is 2.31. The van der Waals surface area contributed by atoms with Crippen LogP contribution in [0.4, 0.5) is 0 Å². The van der Waals surface area contributed by atoms with Gasteiger partial charge in [0.1, 0.15) is 0 Å². The fourth-order valence-corrected chi connectivity index (χ4v) is 2.51. The Balaban J connectivity index is 2.33. The maximum atomic E-state index is 11.8. The molecule has 4 heteroatoms. The van der Waals surface area contributed by atoms with E-state index < -0.39 is 11.8 Å². The van der Waals surface area contributed by atoms with Gasteiger partial charge < -0.3 is 9.47 Å². The summed E-state index contributed by atoms with van der Waals surface area (Å²) in [6.07, 6.45) is 1.06. The minimum atomic E-state index is -0.447. The van der Waals surface area contributed by atoms with E-state index in [1.807, 2.05) is 24.3 Å². The molecule has 0 aromatic heterocycles. The van der Waals surface area contributed by atoms with Crippen LogP contribution in [0.15, 0.2) is 24.3 Å². The normalized spacial score (nSPS) is 21.9. The van der Waals surface area contributed by atoms with E-state index in [2.05, 4.69) is 0 Å². The maximum Gasteiger partial charge on any atom is 0.309 e. The fourth-order valence-electron chi connectivity index (χ4n) is 2.51. The van der Waals surface area contributed by atoms with E-state index in [-0.39, 0.29) is 11.9 Å². The molecule has 0 bridgehead atoms. The van der Waals surface area contributed by atoms with E-state index in [1.165, 1.54) is 14.2 Å². The summed E-state index contributed by atoms with van der Waals surface area (Å²) in [5.74, 6) is -1.59. The molecule has 96 valence electrons. The molecule has 0 heterocycles. The van der Waals surface area contributed by atoms with Crippen LogP contribution in [-0.2, 0) is 31.9 Å². The lowest BCUT2D eigenvalue weighted by Gasteiger charge is -2.29. The fraction of sp³-hybridized carbons (Fsp3) is 0.429. The van der Waals surface area contributed by atoms with Gasteiger partial charge in [0.2, 0.25) is 0 Å². The van der Waals surface area contributed by atoms with Crippen molar-refractivity contribution < 1.29 is 19.1 Å². The Morgan fingerprint density at radius 2 is 1.33 bits per heavy atom. The first-order valence-electron chi connectivity index (χ1n) is 5.89. The van der Waals surface area contributed by atoms with Crippen molar-refractivity contribution in [3.05, 3.63) is 35.4 Å². The molecule has 18 heavy (non-hydrogen) atoms. The van der Waals surface area contributed by atoms with E-state index in [4.69, 9.17) is 9.47 Å². The molecule has 1 aliphatic carbocycles. The number of hydrogen-bond acceptors (Lipinski definition) is 4. The molecule has 2 rings (SSSR count). The second-order valence-corrected chi connectivity index (χ2v) is 4.44. The zero-order chi connectivity index (χ0) is 13.1. The molecule has 1 aromatic carbocycles. The summed E-state index contributed by atoms with van der Waals surface area (Å²) in [5.41, 5.74) is 2.21. The minimum absolute atomic E-state index is 0.347. The van der Waals surface area contributed by atoms with E-state index in [1.54, 1.807) is 0 Å². The number of benzene rings is 1. The topological polar surface area (TPSA) is 52.6 Å². The van der Waals surface area contributed by atoms with E-state index in [0.29, 0.717) is 12.8 Å². The predicted octanol–water partition coefficient (Wildman–Crippen LogP) is 1.36. The SMILES string of the molecule is COC(=O)[C@@H]1Cc2ccccc2C[C@H]1C(=O)OC. The van der Waals surface area contributed by atoms with Crippen molar-refractivity contribution in [3.8, 4) is 0 Å². The quantitative estimate of drug-likeness (QED) is 0.742. The number of hydrogen-bond donors (Lipinski definition) is 0. The zero-order valence-electron chi connectivity index (χ0n) is 10.5. The van der Waals surface area contributed by atoms with Crippen molar-refractivity contribution in [2.24, 2.45) is 11.8 Å². The molecule has 0 fully saturated rings. The highest BCUT2D eigenvalue weighted by molar-refractivity contribution is 5.83. The van der Waals surface area contributed by atoms with Gasteiger partial charge in [-0.2, -0.15) is 0 Å². The molecule has 0 N–H and O–H groups in total. The van der Waals surface area contributed by atoms with E-state index in [0.717, 1.165) is 11.1 Å². The third-order valence-corrected chi connectivity index (χ3v) is 3.49. The summed E-state index contributed by atoms with van der Waals surface area (Å²) in [4.78, 5) is 23.6. The monoisotopic (exact) mass is 248 g/mol. The smallest absolute Gasteiger partial charge is 0.309 e.